The first-order chi connectivity index (χ1) is 9.97. The molecular formula is C7H15Cl2N2O2P. The Bertz CT molecular complexity index is 503. The Morgan fingerprint density at radius 3 is 3.21 bits per heavy atom. The van der Waals surface area contributed by atoms with Crippen molar-refractivity contribution in [1.29, 1.82) is 0 Å². The second-order valence-corrected chi connectivity index (χ2v) is 4.53. The summed E-state index contributed by atoms with van der Waals surface area (Å²) in [6.45, 7) is -9.30. The average Bonchev–Trinajstić information content (AvgIpc) is 2.30. The molecule has 1 N–H and O–H groups in total. The molecule has 1 heterocycles. The van der Waals surface area contributed by atoms with Crippen molar-refractivity contribution in [3.63, 3.8) is 0 Å². The molecule has 1 aliphatic rings. The van der Waals surface area contributed by atoms with E-state index in [0.717, 1.165) is 0 Å². The van der Waals surface area contributed by atoms with Crippen molar-refractivity contribution >= 4 is 30.9 Å². The first-order valence-corrected chi connectivity index (χ1v) is 6.05. The Morgan fingerprint density at radius 2 is 2.57 bits per heavy atom. The number of hydrogen-bond donors (Lipinski definition) is 1. The van der Waals surface area contributed by atoms with Crippen molar-refractivity contribution in [2.75, 3.05) is 37.8 Å². The Kier molecular flexibility index (Phi) is 2.21. The molecule has 0 aromatic rings. The van der Waals surface area contributed by atoms with E-state index in [4.69, 9.17) is 40.1 Å². The van der Waals surface area contributed by atoms with E-state index in [9.17, 15) is 4.57 Å². The number of nitrogens with one attached hydrogen (secondary N) is 1. The first-order valence-electron chi connectivity index (χ1n) is 8.05. The minimum absolute atomic E-state index is 0.168. The number of rotatable bonds is 5. The van der Waals surface area contributed by atoms with Crippen LogP contribution in [-0.2, 0) is 9.09 Å². The van der Waals surface area contributed by atoms with Gasteiger partial charge in [0.05, 0.1) is 9.30 Å². The summed E-state index contributed by atoms with van der Waals surface area (Å²) in [7, 11) is -4.99. The van der Waals surface area contributed by atoms with Gasteiger partial charge in [0.1, 0.15) is 1.41 Å². The van der Waals surface area contributed by atoms with Crippen LogP contribution >= 0.6 is 30.9 Å². The molecule has 1 atom stereocenters. The molecule has 7 heteroatoms. The lowest BCUT2D eigenvalue weighted by molar-refractivity contribution is 0.233. The Balaban J connectivity index is 3.44. The highest BCUT2D eigenvalue weighted by molar-refractivity contribution is 7.54. The predicted molar refractivity (Wildman–Crippen MR) is 59.2 cm³/mol. The quantitative estimate of drug-likeness (QED) is 0.612. The lowest BCUT2D eigenvalue weighted by atomic mass is 10.5. The summed E-state index contributed by atoms with van der Waals surface area (Å²) in [5.41, 5.74) is 0. The zero-order chi connectivity index (χ0) is 18.5. The topological polar surface area (TPSA) is 41.6 Å². The van der Waals surface area contributed by atoms with Crippen LogP contribution in [0.15, 0.2) is 0 Å². The highest BCUT2D eigenvalue weighted by Crippen LogP contribution is 2.47. The molecule has 1 fully saturated rings. The largest absolute Gasteiger partial charge is 0.343 e. The zero-order valence-corrected chi connectivity index (χ0v) is 9.44. The van der Waals surface area contributed by atoms with Crippen molar-refractivity contribution in [3.05, 3.63) is 0 Å². The van der Waals surface area contributed by atoms with Crippen LogP contribution < -0.4 is 5.08 Å². The Labute approximate surface area is 107 Å². The number of nitrogens with zero attached hydrogens (tertiary/aromatic N) is 1. The van der Waals surface area contributed by atoms with Crippen LogP contribution in [0.3, 0.4) is 0 Å². The molecule has 1 unspecified atom stereocenters. The molecule has 0 aromatic heterocycles. The standard InChI is InChI=1S/C7H15Cl2N2O2P/c8-2-5-11(6-3-9)14(12)10-4-1-7-13-14/h1-7H2,(H,10,12)/i2D2,4D2,6D2,7D2/hD. The van der Waals surface area contributed by atoms with Crippen LogP contribution in [0.5, 0.6) is 0 Å². The van der Waals surface area contributed by atoms with Crippen molar-refractivity contribution in [1.82, 2.24) is 9.75 Å². The molecule has 4 nitrogen and oxygen atoms in total. The van der Waals surface area contributed by atoms with E-state index in [1.165, 1.54) is 0 Å². The minimum atomic E-state index is -4.99. The molecule has 0 aliphatic carbocycles. The van der Waals surface area contributed by atoms with E-state index in [1.807, 2.05) is 0 Å². The smallest absolute Gasteiger partial charge is 0.306 e. The van der Waals surface area contributed by atoms with Gasteiger partial charge in [0.25, 0.3) is 0 Å². The summed E-state index contributed by atoms with van der Waals surface area (Å²) >= 11 is 10.9. The molecule has 0 amide bonds. The molecule has 0 radical (unpaired) electrons. The van der Waals surface area contributed by atoms with Crippen molar-refractivity contribution in [2.45, 2.75) is 6.42 Å². The third kappa shape index (κ3) is 3.37. The Morgan fingerprint density at radius 1 is 1.79 bits per heavy atom. The normalized spacial score (nSPS) is 48.4. The van der Waals surface area contributed by atoms with Gasteiger partial charge >= 0.3 is 7.67 Å². The van der Waals surface area contributed by atoms with Crippen LogP contribution in [0.1, 0.15) is 17.4 Å². The lowest BCUT2D eigenvalue weighted by Crippen LogP contribution is -2.35. The number of hydrogen-bond acceptors (Lipinski definition) is 2. The summed E-state index contributed by atoms with van der Waals surface area (Å²) in [4.78, 5) is 0. The molecule has 0 saturated carbocycles. The third-order valence-corrected chi connectivity index (χ3v) is 3.18. The maximum atomic E-state index is 13.0. The molecule has 0 aromatic carbocycles. The fraction of sp³-hybridized carbons (Fsp3) is 1.00. The second kappa shape index (κ2) is 6.31. The van der Waals surface area contributed by atoms with Gasteiger partial charge in [-0.3, -0.25) is 4.57 Å². The van der Waals surface area contributed by atoms with Crippen LogP contribution in [0.2, 0.25) is 1.41 Å². The van der Waals surface area contributed by atoms with Crippen LogP contribution in [-0.4, -0.2) is 42.5 Å². The summed E-state index contributed by atoms with van der Waals surface area (Å²) in [5, 5.41) is -0.186. The highest BCUT2D eigenvalue weighted by atomic mass is 35.5. The SMILES string of the molecule is [2H]N1C([2H])([2H])CC([2H])([2H])OP1(=O)N(CC([2H])([2H])Cl)C([2H])([2H])CCl. The van der Waals surface area contributed by atoms with Gasteiger partial charge in [-0.15, -0.1) is 23.2 Å². The summed E-state index contributed by atoms with van der Waals surface area (Å²) < 4.78 is 86.0. The molecule has 1 rings (SSSR count). The second-order valence-electron chi connectivity index (χ2n) is 2.14. The van der Waals surface area contributed by atoms with Gasteiger partial charge in [0.2, 0.25) is 0 Å². The molecule has 14 heavy (non-hydrogen) atoms. The fourth-order valence-corrected chi connectivity index (χ4v) is 2.42. The number of halogens is 2. The van der Waals surface area contributed by atoms with E-state index < -0.39 is 51.9 Å². The van der Waals surface area contributed by atoms with E-state index >= 15 is 0 Å². The van der Waals surface area contributed by atoms with Crippen LogP contribution in [0.4, 0.5) is 0 Å². The van der Waals surface area contributed by atoms with Gasteiger partial charge in [-0.05, 0) is 6.42 Å². The van der Waals surface area contributed by atoms with Gasteiger partial charge < -0.3 is 4.52 Å². The molecule has 1 aliphatic heterocycles. The third-order valence-electron chi connectivity index (χ3n) is 1.29. The summed E-state index contributed by atoms with van der Waals surface area (Å²) in [6, 6.07) is 0. The summed E-state index contributed by atoms with van der Waals surface area (Å²) in [5.74, 6) is -3.44. The minimum Gasteiger partial charge on any atom is -0.306 e. The van der Waals surface area contributed by atoms with Crippen molar-refractivity contribution in [3.8, 4) is 0 Å². The maximum absolute atomic E-state index is 13.0. The lowest BCUT2D eigenvalue weighted by Gasteiger charge is -2.33. The molecule has 1 saturated heterocycles. The predicted octanol–water partition coefficient (Wildman–Crippen LogP) is 1.88. The van der Waals surface area contributed by atoms with Gasteiger partial charge in [-0.2, -0.15) is 0 Å². The molecule has 84 valence electrons. The molecule has 0 spiro atoms. The van der Waals surface area contributed by atoms with E-state index in [2.05, 4.69) is 0 Å². The van der Waals surface area contributed by atoms with E-state index in [-0.39, 0.29) is 9.75 Å². The zero-order valence-electron chi connectivity index (χ0n) is 16.0. The monoisotopic (exact) mass is 269 g/mol. The van der Waals surface area contributed by atoms with Gasteiger partial charge in [-0.1, -0.05) is 0 Å². The van der Waals surface area contributed by atoms with Gasteiger partial charge in [0.15, 0.2) is 0 Å². The van der Waals surface area contributed by atoms with Crippen LogP contribution in [0, 0.1) is 0 Å². The van der Waals surface area contributed by atoms with Gasteiger partial charge in [-0.25, -0.2) is 9.75 Å². The molecule has 0 bridgehead atoms. The van der Waals surface area contributed by atoms with Gasteiger partial charge in [0, 0.05) is 39.5 Å². The van der Waals surface area contributed by atoms with Crippen molar-refractivity contribution < 1.29 is 21.5 Å². The average molecular weight is 270 g/mol. The fourth-order valence-electron chi connectivity index (χ4n) is 0.757. The van der Waals surface area contributed by atoms with E-state index in [0.29, 0.717) is 0 Å². The number of alkyl halides is 2. The summed E-state index contributed by atoms with van der Waals surface area (Å²) in [6.07, 6.45) is -0.945. The van der Waals surface area contributed by atoms with E-state index in [1.54, 1.807) is 0 Å². The first kappa shape index (κ1) is 4.91. The van der Waals surface area contributed by atoms with Crippen LogP contribution in [0.25, 0.3) is 0 Å². The Hall–Kier alpha value is 0.690. The van der Waals surface area contributed by atoms with Crippen molar-refractivity contribution in [2.24, 2.45) is 0 Å². The maximum Gasteiger partial charge on any atom is 0.343 e. The highest BCUT2D eigenvalue weighted by Gasteiger charge is 2.32. The molecular weight excluding hydrogens is 246 g/mol.